The highest BCUT2D eigenvalue weighted by Crippen LogP contribution is 2.21. The van der Waals surface area contributed by atoms with Gasteiger partial charge in [-0.05, 0) is 13.8 Å². The van der Waals surface area contributed by atoms with Gasteiger partial charge < -0.3 is 9.30 Å². The van der Waals surface area contributed by atoms with Crippen molar-refractivity contribution in [3.8, 4) is 0 Å². The molecule has 0 spiro atoms. The highest BCUT2D eigenvalue weighted by atomic mass is 32.2. The van der Waals surface area contributed by atoms with Crippen LogP contribution in [-0.4, -0.2) is 31.8 Å². The normalized spacial score (nSPS) is 11.5. The van der Waals surface area contributed by atoms with Crippen LogP contribution in [0.4, 0.5) is 0 Å². The van der Waals surface area contributed by atoms with Crippen molar-refractivity contribution in [3.63, 3.8) is 0 Å². The predicted molar refractivity (Wildman–Crippen MR) is 59.2 cm³/mol. The van der Waals surface area contributed by atoms with E-state index in [1.54, 1.807) is 20.9 Å². The van der Waals surface area contributed by atoms with E-state index < -0.39 is 15.8 Å². The molecule has 0 aliphatic rings. The summed E-state index contributed by atoms with van der Waals surface area (Å²) in [7, 11) is -1.69. The molecule has 0 atom stereocenters. The summed E-state index contributed by atoms with van der Waals surface area (Å²) < 4.78 is 29.2. The number of hydrogen-bond acceptors (Lipinski definition) is 4. The zero-order valence-corrected chi connectivity index (χ0v) is 10.6. The van der Waals surface area contributed by atoms with E-state index in [9.17, 15) is 13.2 Å². The van der Waals surface area contributed by atoms with Crippen LogP contribution in [0.5, 0.6) is 0 Å². The van der Waals surface area contributed by atoms with Crippen LogP contribution in [-0.2, 0) is 21.6 Å². The van der Waals surface area contributed by atoms with Gasteiger partial charge in [0.2, 0.25) is 0 Å². The zero-order valence-electron chi connectivity index (χ0n) is 9.77. The molecule has 16 heavy (non-hydrogen) atoms. The van der Waals surface area contributed by atoms with Crippen LogP contribution in [0.1, 0.15) is 23.0 Å². The van der Waals surface area contributed by atoms with Gasteiger partial charge in [-0.25, -0.2) is 13.2 Å². The molecule has 0 amide bonds. The maximum absolute atomic E-state index is 11.6. The second-order valence-corrected chi connectivity index (χ2v) is 5.55. The van der Waals surface area contributed by atoms with Gasteiger partial charge >= 0.3 is 5.97 Å². The molecule has 0 aliphatic heterocycles. The van der Waals surface area contributed by atoms with Gasteiger partial charge in [-0.2, -0.15) is 0 Å². The van der Waals surface area contributed by atoms with E-state index in [2.05, 4.69) is 0 Å². The average Bonchev–Trinajstić information content (AvgIpc) is 2.41. The van der Waals surface area contributed by atoms with Crippen LogP contribution in [0.25, 0.3) is 0 Å². The minimum absolute atomic E-state index is 0.165. The zero-order chi connectivity index (χ0) is 12.5. The topological polar surface area (TPSA) is 65.4 Å². The Balaban J connectivity index is 3.34. The van der Waals surface area contributed by atoms with Gasteiger partial charge in [-0.15, -0.1) is 0 Å². The molecule has 0 N–H and O–H groups in total. The number of aromatic nitrogens is 1. The summed E-state index contributed by atoms with van der Waals surface area (Å²) in [6.07, 6.45) is 2.54. The fourth-order valence-corrected chi connectivity index (χ4v) is 2.59. The lowest BCUT2D eigenvalue weighted by molar-refractivity contribution is 0.0514. The average molecular weight is 245 g/mol. The Bertz CT molecular complexity index is 513. The molecule has 6 heteroatoms. The number of sulfone groups is 1. The first-order valence-corrected chi connectivity index (χ1v) is 6.71. The van der Waals surface area contributed by atoms with E-state index in [1.807, 2.05) is 0 Å². The van der Waals surface area contributed by atoms with Crippen molar-refractivity contribution in [3.05, 3.63) is 17.5 Å². The molecule has 1 aromatic rings. The minimum atomic E-state index is -3.31. The highest BCUT2D eigenvalue weighted by Gasteiger charge is 2.22. The van der Waals surface area contributed by atoms with Crippen molar-refractivity contribution >= 4 is 15.8 Å². The van der Waals surface area contributed by atoms with Crippen molar-refractivity contribution in [1.82, 2.24) is 4.57 Å². The Morgan fingerprint density at radius 1 is 1.50 bits per heavy atom. The molecule has 90 valence electrons. The van der Waals surface area contributed by atoms with Gasteiger partial charge in [0.15, 0.2) is 9.84 Å². The number of carbonyl (C=O) groups is 1. The van der Waals surface area contributed by atoms with Crippen LogP contribution in [0, 0.1) is 6.92 Å². The molecule has 0 saturated heterocycles. The maximum atomic E-state index is 11.6. The Labute approximate surface area is 94.9 Å². The van der Waals surface area contributed by atoms with Gasteiger partial charge in [-0.1, -0.05) is 0 Å². The molecule has 0 fully saturated rings. The quantitative estimate of drug-likeness (QED) is 0.742. The summed E-state index contributed by atoms with van der Waals surface area (Å²) in [5.41, 5.74) is 0.714. The van der Waals surface area contributed by atoms with Crippen molar-refractivity contribution < 1.29 is 17.9 Å². The van der Waals surface area contributed by atoms with Crippen LogP contribution in [0.2, 0.25) is 0 Å². The van der Waals surface area contributed by atoms with Crippen LogP contribution >= 0.6 is 0 Å². The summed E-state index contributed by atoms with van der Waals surface area (Å²) in [4.78, 5) is 11.8. The molecule has 0 aliphatic carbocycles. The van der Waals surface area contributed by atoms with Gasteiger partial charge in [0.1, 0.15) is 5.69 Å². The fourth-order valence-electron chi connectivity index (χ4n) is 1.59. The van der Waals surface area contributed by atoms with Crippen LogP contribution < -0.4 is 0 Å². The molecular weight excluding hydrogens is 230 g/mol. The lowest BCUT2D eigenvalue weighted by Gasteiger charge is -2.04. The van der Waals surface area contributed by atoms with Crippen LogP contribution in [0.15, 0.2) is 11.1 Å². The SMILES string of the molecule is CCOC(=O)c1c(C)c(S(C)(=O)=O)cn1C. The molecule has 0 saturated carbocycles. The van der Waals surface area contributed by atoms with Gasteiger partial charge in [0.25, 0.3) is 0 Å². The number of aryl methyl sites for hydroxylation is 1. The summed E-state index contributed by atoms with van der Waals surface area (Å²) in [5.74, 6) is -0.502. The molecule has 1 heterocycles. The summed E-state index contributed by atoms with van der Waals surface area (Å²) in [5, 5.41) is 0. The third-order valence-corrected chi connectivity index (χ3v) is 3.47. The summed E-state index contributed by atoms with van der Waals surface area (Å²) >= 11 is 0. The second kappa shape index (κ2) is 4.29. The predicted octanol–water partition coefficient (Wildman–Crippen LogP) is 0.914. The number of carbonyl (C=O) groups excluding carboxylic acids is 1. The smallest absolute Gasteiger partial charge is 0.355 e. The first-order chi connectivity index (χ1) is 7.29. The highest BCUT2D eigenvalue weighted by molar-refractivity contribution is 7.90. The van der Waals surface area contributed by atoms with E-state index in [0.717, 1.165) is 6.26 Å². The molecule has 0 bridgehead atoms. The van der Waals surface area contributed by atoms with Crippen molar-refractivity contribution in [2.45, 2.75) is 18.7 Å². The van der Waals surface area contributed by atoms with E-state index in [4.69, 9.17) is 4.74 Å². The Hall–Kier alpha value is -1.30. The van der Waals surface area contributed by atoms with E-state index in [-0.39, 0.29) is 17.2 Å². The molecule has 0 aromatic carbocycles. The first kappa shape index (κ1) is 12.8. The van der Waals surface area contributed by atoms with E-state index >= 15 is 0 Å². The van der Waals surface area contributed by atoms with Gasteiger partial charge in [-0.3, -0.25) is 0 Å². The monoisotopic (exact) mass is 245 g/mol. The third-order valence-electron chi connectivity index (χ3n) is 2.26. The summed E-state index contributed by atoms with van der Waals surface area (Å²) in [6, 6.07) is 0. The Morgan fingerprint density at radius 2 is 2.06 bits per heavy atom. The third kappa shape index (κ3) is 2.27. The molecule has 0 radical (unpaired) electrons. The molecule has 0 unspecified atom stereocenters. The number of nitrogens with zero attached hydrogens (tertiary/aromatic N) is 1. The van der Waals surface area contributed by atoms with Crippen molar-refractivity contribution in [1.29, 1.82) is 0 Å². The van der Waals surface area contributed by atoms with Gasteiger partial charge in [0, 0.05) is 25.1 Å². The second-order valence-electron chi connectivity index (χ2n) is 3.57. The van der Waals surface area contributed by atoms with Crippen molar-refractivity contribution in [2.75, 3.05) is 12.9 Å². The fraction of sp³-hybridized carbons (Fsp3) is 0.500. The molecule has 1 rings (SSSR count). The van der Waals surface area contributed by atoms with Crippen molar-refractivity contribution in [2.24, 2.45) is 7.05 Å². The number of esters is 1. The number of rotatable bonds is 3. The standard InChI is InChI=1S/C10H15NO4S/c1-5-15-10(12)9-7(2)8(6-11(9)3)16(4,13)14/h6H,5H2,1-4H3. The maximum Gasteiger partial charge on any atom is 0.355 e. The number of hydrogen-bond donors (Lipinski definition) is 0. The first-order valence-electron chi connectivity index (χ1n) is 4.82. The number of ether oxygens (including phenoxy) is 1. The van der Waals surface area contributed by atoms with Gasteiger partial charge in [0.05, 0.1) is 11.5 Å². The van der Waals surface area contributed by atoms with E-state index in [1.165, 1.54) is 10.8 Å². The Kier molecular flexibility index (Phi) is 3.42. The minimum Gasteiger partial charge on any atom is -0.461 e. The lowest BCUT2D eigenvalue weighted by Crippen LogP contribution is -2.11. The Morgan fingerprint density at radius 3 is 2.44 bits per heavy atom. The largest absolute Gasteiger partial charge is 0.461 e. The summed E-state index contributed by atoms with van der Waals surface area (Å²) in [6.45, 7) is 3.56. The molecular formula is C10H15NO4S. The molecule has 1 aromatic heterocycles. The lowest BCUT2D eigenvalue weighted by atomic mass is 10.3. The van der Waals surface area contributed by atoms with Crippen LogP contribution in [0.3, 0.4) is 0 Å². The molecule has 5 nitrogen and oxygen atoms in total. The van der Waals surface area contributed by atoms with E-state index in [0.29, 0.717) is 5.56 Å².